The van der Waals surface area contributed by atoms with Gasteiger partial charge in [-0.05, 0) is 32.4 Å². The number of hydrogen-bond acceptors (Lipinski definition) is 5. The molecule has 0 spiro atoms. The number of carbonyl (C=O) groups is 1. The summed E-state index contributed by atoms with van der Waals surface area (Å²) in [5.41, 5.74) is 2.58. The van der Waals surface area contributed by atoms with Crippen molar-refractivity contribution in [2.45, 2.75) is 20.3 Å². The number of hydrogen-bond donors (Lipinski definition) is 0. The van der Waals surface area contributed by atoms with Gasteiger partial charge in [0.25, 0.3) is 0 Å². The maximum atomic E-state index is 11.1. The summed E-state index contributed by atoms with van der Waals surface area (Å²) in [5.74, 6) is 1.03. The second kappa shape index (κ2) is 9.15. The summed E-state index contributed by atoms with van der Waals surface area (Å²) in [6.45, 7) is 4.21. The van der Waals surface area contributed by atoms with Gasteiger partial charge in [0.15, 0.2) is 25.1 Å². The summed E-state index contributed by atoms with van der Waals surface area (Å²) in [4.78, 5) is 11.1. The molecule has 0 radical (unpaired) electrons. The minimum Gasteiger partial charge on any atom is -0.464 e. The Hall–Kier alpha value is -1.85. The van der Waals surface area contributed by atoms with Gasteiger partial charge in [0, 0.05) is 25.3 Å². The summed E-state index contributed by atoms with van der Waals surface area (Å²) in [6.07, 6.45) is 3.49. The Kier molecular flexibility index (Phi) is 7.50. The third kappa shape index (κ3) is 5.57. The lowest BCUT2D eigenvalue weighted by atomic mass is 10.0. The Balaban J connectivity index is 3.20. The summed E-state index contributed by atoms with van der Waals surface area (Å²) < 4.78 is 20.9. The van der Waals surface area contributed by atoms with Gasteiger partial charge in [-0.3, -0.25) is 4.79 Å². The fourth-order valence-corrected chi connectivity index (χ4v) is 1.73. The van der Waals surface area contributed by atoms with E-state index in [4.69, 9.17) is 18.9 Å². The lowest BCUT2D eigenvalue weighted by molar-refractivity contribution is 0.0317. The van der Waals surface area contributed by atoms with Crippen LogP contribution in [0.1, 0.15) is 29.8 Å². The van der Waals surface area contributed by atoms with Crippen LogP contribution in [0.5, 0.6) is 11.5 Å². The van der Waals surface area contributed by atoms with Gasteiger partial charge in [0.1, 0.15) is 6.29 Å². The minimum absolute atomic E-state index is 0.0771. The van der Waals surface area contributed by atoms with E-state index in [0.29, 0.717) is 23.5 Å². The molecule has 0 aliphatic heterocycles. The Morgan fingerprint density at radius 2 is 1.76 bits per heavy atom. The highest BCUT2D eigenvalue weighted by Crippen LogP contribution is 2.33. The predicted molar refractivity (Wildman–Crippen MR) is 80.0 cm³/mol. The summed E-state index contributed by atoms with van der Waals surface area (Å²) in [5, 5.41) is 0. The van der Waals surface area contributed by atoms with Crippen molar-refractivity contribution in [1.82, 2.24) is 0 Å². The van der Waals surface area contributed by atoms with Crippen molar-refractivity contribution in [1.29, 1.82) is 0 Å². The zero-order valence-electron chi connectivity index (χ0n) is 13.0. The molecule has 0 N–H and O–H groups in total. The van der Waals surface area contributed by atoms with E-state index in [1.165, 1.54) is 12.7 Å². The predicted octanol–water partition coefficient (Wildman–Crippen LogP) is 2.97. The van der Waals surface area contributed by atoms with Crippen LogP contribution in [0.4, 0.5) is 0 Å². The lowest BCUT2D eigenvalue weighted by Gasteiger charge is -2.16. The molecule has 0 aromatic heterocycles. The molecule has 0 fully saturated rings. The highest BCUT2D eigenvalue weighted by molar-refractivity contribution is 5.77. The first-order chi connectivity index (χ1) is 10.1. The van der Waals surface area contributed by atoms with Gasteiger partial charge in [-0.2, -0.15) is 0 Å². The third-order valence-electron chi connectivity index (χ3n) is 2.67. The molecular formula is C16H22O5. The molecule has 5 heteroatoms. The van der Waals surface area contributed by atoms with Crippen molar-refractivity contribution < 1.29 is 23.7 Å². The molecule has 0 atom stereocenters. The normalized spacial score (nSPS) is 10.1. The van der Waals surface area contributed by atoms with E-state index < -0.39 is 0 Å². The van der Waals surface area contributed by atoms with Gasteiger partial charge in [-0.25, -0.2) is 0 Å². The first-order valence-corrected chi connectivity index (χ1v) is 6.61. The van der Waals surface area contributed by atoms with Crippen LogP contribution in [-0.4, -0.2) is 34.1 Å². The van der Waals surface area contributed by atoms with E-state index in [-0.39, 0.29) is 13.6 Å². The Morgan fingerprint density at radius 1 is 1.10 bits per heavy atom. The zero-order valence-corrected chi connectivity index (χ0v) is 13.0. The number of aldehydes is 1. The number of rotatable bonds is 9. The highest BCUT2D eigenvalue weighted by atomic mass is 16.7. The van der Waals surface area contributed by atoms with Gasteiger partial charge >= 0.3 is 0 Å². The standard InChI is InChI=1S/C16H22O5/c1-12(2)5-6-14-7-13(9-17)8-15(20-10-18-3)16(14)21-11-19-4/h5,7-9H,6,10-11H2,1-4H3. The topological polar surface area (TPSA) is 54.0 Å². The van der Waals surface area contributed by atoms with Crippen LogP contribution < -0.4 is 9.47 Å². The first kappa shape index (κ1) is 17.2. The smallest absolute Gasteiger partial charge is 0.188 e. The number of ether oxygens (including phenoxy) is 4. The SMILES string of the molecule is COCOc1cc(C=O)cc(CC=C(C)C)c1OCOC. The van der Waals surface area contributed by atoms with Crippen LogP contribution in [-0.2, 0) is 15.9 Å². The molecule has 0 heterocycles. The van der Waals surface area contributed by atoms with Crippen molar-refractivity contribution in [3.8, 4) is 11.5 Å². The van der Waals surface area contributed by atoms with Crippen molar-refractivity contribution in [2.24, 2.45) is 0 Å². The molecular weight excluding hydrogens is 272 g/mol. The van der Waals surface area contributed by atoms with Crippen LogP contribution in [0.3, 0.4) is 0 Å². The summed E-state index contributed by atoms with van der Waals surface area (Å²) in [6, 6.07) is 3.42. The van der Waals surface area contributed by atoms with Crippen LogP contribution in [0.15, 0.2) is 23.8 Å². The van der Waals surface area contributed by atoms with Crippen LogP contribution in [0.25, 0.3) is 0 Å². The van der Waals surface area contributed by atoms with E-state index in [2.05, 4.69) is 6.08 Å². The average Bonchev–Trinajstić information content (AvgIpc) is 2.48. The molecule has 1 rings (SSSR count). The van der Waals surface area contributed by atoms with Gasteiger partial charge < -0.3 is 18.9 Å². The summed E-state index contributed by atoms with van der Waals surface area (Å²) >= 11 is 0. The van der Waals surface area contributed by atoms with Crippen LogP contribution in [0.2, 0.25) is 0 Å². The lowest BCUT2D eigenvalue weighted by Crippen LogP contribution is -2.07. The van der Waals surface area contributed by atoms with E-state index in [1.54, 1.807) is 19.2 Å². The maximum Gasteiger partial charge on any atom is 0.188 e. The van der Waals surface area contributed by atoms with Crippen molar-refractivity contribution >= 4 is 6.29 Å². The summed E-state index contributed by atoms with van der Waals surface area (Å²) in [7, 11) is 3.08. The molecule has 0 unspecified atom stereocenters. The Morgan fingerprint density at radius 3 is 2.33 bits per heavy atom. The second-order valence-corrected chi connectivity index (χ2v) is 4.71. The van der Waals surface area contributed by atoms with Crippen molar-refractivity contribution in [3.63, 3.8) is 0 Å². The molecule has 0 saturated carbocycles. The average molecular weight is 294 g/mol. The molecule has 21 heavy (non-hydrogen) atoms. The Labute approximate surface area is 125 Å². The molecule has 0 amide bonds. The van der Waals surface area contributed by atoms with Crippen LogP contribution >= 0.6 is 0 Å². The molecule has 0 bridgehead atoms. The monoisotopic (exact) mass is 294 g/mol. The molecule has 5 nitrogen and oxygen atoms in total. The van der Waals surface area contributed by atoms with Gasteiger partial charge in [0.2, 0.25) is 0 Å². The molecule has 0 saturated heterocycles. The van der Waals surface area contributed by atoms with Crippen molar-refractivity contribution in [2.75, 3.05) is 27.8 Å². The second-order valence-electron chi connectivity index (χ2n) is 4.71. The van der Waals surface area contributed by atoms with E-state index in [1.807, 2.05) is 13.8 Å². The fourth-order valence-electron chi connectivity index (χ4n) is 1.73. The number of carbonyl (C=O) groups excluding carboxylic acids is 1. The quantitative estimate of drug-likeness (QED) is 0.398. The van der Waals surface area contributed by atoms with Crippen LogP contribution in [0, 0.1) is 0 Å². The van der Waals surface area contributed by atoms with E-state index >= 15 is 0 Å². The van der Waals surface area contributed by atoms with Gasteiger partial charge in [-0.1, -0.05) is 11.6 Å². The molecule has 1 aromatic rings. The number of methoxy groups -OCH3 is 2. The first-order valence-electron chi connectivity index (χ1n) is 6.61. The number of allylic oxidation sites excluding steroid dienone is 2. The van der Waals surface area contributed by atoms with Gasteiger partial charge in [0.05, 0.1) is 0 Å². The zero-order chi connectivity index (χ0) is 15.7. The molecule has 0 aliphatic carbocycles. The largest absolute Gasteiger partial charge is 0.464 e. The van der Waals surface area contributed by atoms with Crippen molar-refractivity contribution in [3.05, 3.63) is 34.9 Å². The molecule has 116 valence electrons. The number of benzene rings is 1. The fraction of sp³-hybridized carbons (Fsp3) is 0.438. The molecule has 1 aromatic carbocycles. The third-order valence-corrected chi connectivity index (χ3v) is 2.67. The highest BCUT2D eigenvalue weighted by Gasteiger charge is 2.13. The molecule has 0 aliphatic rings. The van der Waals surface area contributed by atoms with E-state index in [9.17, 15) is 4.79 Å². The minimum atomic E-state index is 0.0771. The van der Waals surface area contributed by atoms with Gasteiger partial charge in [-0.15, -0.1) is 0 Å². The maximum absolute atomic E-state index is 11.1. The Bertz CT molecular complexity index is 490. The van der Waals surface area contributed by atoms with E-state index in [0.717, 1.165) is 11.8 Å².